The summed E-state index contributed by atoms with van der Waals surface area (Å²) >= 11 is 0. The number of likely N-dealkylation sites (N-methyl/N-ethyl adjacent to an activating group) is 1. The SMILES string of the molecule is CC(=O)NC(C(=O)N(C)Cc1nnc2n1CCC2)C1CCCC1. The van der Waals surface area contributed by atoms with Crippen molar-refractivity contribution in [3.63, 3.8) is 0 Å². The Morgan fingerprint density at radius 1 is 1.30 bits per heavy atom. The molecular formula is C16H25N5O2. The summed E-state index contributed by atoms with van der Waals surface area (Å²) in [5.74, 6) is 1.92. The summed E-state index contributed by atoms with van der Waals surface area (Å²) in [6.07, 6.45) is 6.33. The molecular weight excluding hydrogens is 294 g/mol. The lowest BCUT2D eigenvalue weighted by Gasteiger charge is -2.28. The standard InChI is InChI=1S/C16H25N5O2/c1-11(22)17-15(12-6-3-4-7-12)16(23)20(2)10-14-19-18-13-8-5-9-21(13)14/h12,15H,3-10H2,1-2H3,(H,17,22). The molecule has 0 bridgehead atoms. The van der Waals surface area contributed by atoms with Crippen LogP contribution in [0.25, 0.3) is 0 Å². The van der Waals surface area contributed by atoms with Gasteiger partial charge in [-0.1, -0.05) is 12.8 Å². The van der Waals surface area contributed by atoms with Crippen LogP contribution in [-0.2, 0) is 29.1 Å². The summed E-state index contributed by atoms with van der Waals surface area (Å²) in [7, 11) is 1.78. The average molecular weight is 319 g/mol. The molecule has 1 unspecified atom stereocenters. The molecule has 1 fully saturated rings. The van der Waals surface area contributed by atoms with E-state index >= 15 is 0 Å². The maximum atomic E-state index is 12.8. The molecule has 7 heteroatoms. The van der Waals surface area contributed by atoms with E-state index in [-0.39, 0.29) is 17.7 Å². The van der Waals surface area contributed by atoms with E-state index in [4.69, 9.17) is 0 Å². The fraction of sp³-hybridized carbons (Fsp3) is 0.750. The Morgan fingerprint density at radius 2 is 2.04 bits per heavy atom. The third-order valence-corrected chi connectivity index (χ3v) is 4.94. The van der Waals surface area contributed by atoms with Crippen LogP contribution < -0.4 is 5.32 Å². The second-order valence-corrected chi connectivity index (χ2v) is 6.70. The summed E-state index contributed by atoms with van der Waals surface area (Å²) in [5.41, 5.74) is 0. The highest BCUT2D eigenvalue weighted by molar-refractivity contribution is 5.87. The lowest BCUT2D eigenvalue weighted by molar-refractivity contribution is -0.137. The van der Waals surface area contributed by atoms with Crippen LogP contribution in [0.1, 0.15) is 50.7 Å². The third-order valence-electron chi connectivity index (χ3n) is 4.94. The van der Waals surface area contributed by atoms with Gasteiger partial charge in [0, 0.05) is 26.9 Å². The zero-order valence-electron chi connectivity index (χ0n) is 13.9. The molecule has 0 aromatic carbocycles. The van der Waals surface area contributed by atoms with Crippen molar-refractivity contribution in [1.29, 1.82) is 0 Å². The summed E-state index contributed by atoms with van der Waals surface area (Å²) in [4.78, 5) is 26.0. The minimum atomic E-state index is -0.416. The molecule has 3 rings (SSSR count). The number of hydrogen-bond donors (Lipinski definition) is 1. The van der Waals surface area contributed by atoms with Gasteiger partial charge in [-0.05, 0) is 25.2 Å². The van der Waals surface area contributed by atoms with Crippen LogP contribution in [-0.4, -0.2) is 44.6 Å². The van der Waals surface area contributed by atoms with E-state index in [9.17, 15) is 9.59 Å². The number of hydrogen-bond acceptors (Lipinski definition) is 4. The van der Waals surface area contributed by atoms with E-state index in [2.05, 4.69) is 20.1 Å². The fourth-order valence-corrected chi connectivity index (χ4v) is 3.75. The zero-order chi connectivity index (χ0) is 16.4. The van der Waals surface area contributed by atoms with Gasteiger partial charge in [0.2, 0.25) is 11.8 Å². The monoisotopic (exact) mass is 319 g/mol. The number of nitrogens with zero attached hydrogens (tertiary/aromatic N) is 4. The van der Waals surface area contributed by atoms with E-state index in [0.29, 0.717) is 6.54 Å². The van der Waals surface area contributed by atoms with Crippen LogP contribution in [0.2, 0.25) is 0 Å². The van der Waals surface area contributed by atoms with Crippen molar-refractivity contribution in [1.82, 2.24) is 25.0 Å². The molecule has 23 heavy (non-hydrogen) atoms. The Morgan fingerprint density at radius 3 is 2.74 bits per heavy atom. The van der Waals surface area contributed by atoms with E-state index in [1.54, 1.807) is 11.9 Å². The number of aromatic nitrogens is 3. The molecule has 2 heterocycles. The number of aryl methyl sites for hydroxylation is 1. The van der Waals surface area contributed by atoms with Crippen molar-refractivity contribution in [2.75, 3.05) is 7.05 Å². The molecule has 1 N–H and O–H groups in total. The topological polar surface area (TPSA) is 80.1 Å². The van der Waals surface area contributed by atoms with Crippen molar-refractivity contribution in [2.24, 2.45) is 5.92 Å². The Balaban J connectivity index is 1.69. The van der Waals surface area contributed by atoms with Gasteiger partial charge in [0.1, 0.15) is 11.9 Å². The van der Waals surface area contributed by atoms with Gasteiger partial charge < -0.3 is 14.8 Å². The molecule has 1 aliphatic heterocycles. The number of fused-ring (bicyclic) bond motifs is 1. The van der Waals surface area contributed by atoms with Crippen molar-refractivity contribution >= 4 is 11.8 Å². The van der Waals surface area contributed by atoms with Crippen LogP contribution in [0.15, 0.2) is 0 Å². The van der Waals surface area contributed by atoms with Crippen LogP contribution >= 0.6 is 0 Å². The van der Waals surface area contributed by atoms with Crippen molar-refractivity contribution in [3.05, 3.63) is 11.6 Å². The first-order chi connectivity index (χ1) is 11.1. The molecule has 1 saturated carbocycles. The summed E-state index contributed by atoms with van der Waals surface area (Å²) in [6.45, 7) is 2.84. The molecule has 1 aromatic rings. The van der Waals surface area contributed by atoms with Crippen molar-refractivity contribution < 1.29 is 9.59 Å². The highest BCUT2D eigenvalue weighted by Crippen LogP contribution is 2.28. The lowest BCUT2D eigenvalue weighted by atomic mass is 9.96. The smallest absolute Gasteiger partial charge is 0.245 e. The number of nitrogens with one attached hydrogen (secondary N) is 1. The van der Waals surface area contributed by atoms with Crippen LogP contribution in [0.4, 0.5) is 0 Å². The van der Waals surface area contributed by atoms with E-state index in [0.717, 1.165) is 56.7 Å². The summed E-state index contributed by atoms with van der Waals surface area (Å²) in [5, 5.41) is 11.3. The van der Waals surface area contributed by atoms with E-state index in [1.807, 2.05) is 0 Å². The number of carbonyl (C=O) groups is 2. The van der Waals surface area contributed by atoms with Crippen LogP contribution in [0.5, 0.6) is 0 Å². The molecule has 2 aliphatic rings. The van der Waals surface area contributed by atoms with Gasteiger partial charge in [0.05, 0.1) is 6.54 Å². The van der Waals surface area contributed by atoms with Gasteiger partial charge in [0.25, 0.3) is 0 Å². The largest absolute Gasteiger partial charge is 0.344 e. The van der Waals surface area contributed by atoms with Gasteiger partial charge in [-0.25, -0.2) is 0 Å². The van der Waals surface area contributed by atoms with E-state index in [1.165, 1.54) is 6.92 Å². The van der Waals surface area contributed by atoms with Gasteiger partial charge in [0.15, 0.2) is 5.82 Å². The first-order valence-electron chi connectivity index (χ1n) is 8.49. The molecule has 0 spiro atoms. The maximum absolute atomic E-state index is 12.8. The van der Waals surface area contributed by atoms with Crippen LogP contribution in [0, 0.1) is 5.92 Å². The molecule has 1 aromatic heterocycles. The van der Waals surface area contributed by atoms with Gasteiger partial charge in [-0.15, -0.1) is 10.2 Å². The predicted molar refractivity (Wildman–Crippen MR) is 84.4 cm³/mol. The first kappa shape index (κ1) is 16.0. The molecule has 2 amide bonds. The van der Waals surface area contributed by atoms with E-state index < -0.39 is 6.04 Å². The fourth-order valence-electron chi connectivity index (χ4n) is 3.75. The highest BCUT2D eigenvalue weighted by Gasteiger charge is 2.33. The minimum absolute atomic E-state index is 0.0255. The second kappa shape index (κ2) is 6.68. The van der Waals surface area contributed by atoms with Gasteiger partial charge in [-0.3, -0.25) is 9.59 Å². The molecule has 1 aliphatic carbocycles. The van der Waals surface area contributed by atoms with Gasteiger partial charge in [-0.2, -0.15) is 0 Å². The van der Waals surface area contributed by atoms with Crippen molar-refractivity contribution in [2.45, 2.75) is 64.6 Å². The maximum Gasteiger partial charge on any atom is 0.245 e. The highest BCUT2D eigenvalue weighted by atomic mass is 16.2. The van der Waals surface area contributed by atoms with Gasteiger partial charge >= 0.3 is 0 Å². The molecule has 126 valence electrons. The predicted octanol–water partition coefficient (Wildman–Crippen LogP) is 0.878. The number of rotatable bonds is 5. The molecule has 0 radical (unpaired) electrons. The Hall–Kier alpha value is -1.92. The average Bonchev–Trinajstić information content (AvgIpc) is 3.23. The Bertz CT molecular complexity index is 591. The normalized spacial score (nSPS) is 18.7. The van der Waals surface area contributed by atoms with Crippen LogP contribution in [0.3, 0.4) is 0 Å². The minimum Gasteiger partial charge on any atom is -0.344 e. The first-order valence-corrected chi connectivity index (χ1v) is 8.49. The quantitative estimate of drug-likeness (QED) is 0.873. The second-order valence-electron chi connectivity index (χ2n) is 6.70. The Kier molecular flexibility index (Phi) is 4.63. The molecule has 7 nitrogen and oxygen atoms in total. The summed E-state index contributed by atoms with van der Waals surface area (Å²) < 4.78 is 2.10. The third kappa shape index (κ3) is 3.38. The number of amides is 2. The molecule has 1 atom stereocenters. The Labute approximate surface area is 136 Å². The zero-order valence-corrected chi connectivity index (χ0v) is 13.9. The lowest BCUT2D eigenvalue weighted by Crippen LogP contribution is -2.50. The summed E-state index contributed by atoms with van der Waals surface area (Å²) in [6, 6.07) is -0.416. The van der Waals surface area contributed by atoms with Crippen molar-refractivity contribution in [3.8, 4) is 0 Å². The molecule has 0 saturated heterocycles. The number of carbonyl (C=O) groups excluding carboxylic acids is 2.